The number of halogens is 1. The molecular weight excluding hydrogens is 213 g/mol. The molecule has 0 aliphatic carbocycles. The molecule has 0 amide bonds. The standard InChI is InChI=1S/C3H9ClNO2PS2/c1-2-3-7-8(6,9)5-10-4/h2-3H2,1H3,(H2,5,6,9). The van der Waals surface area contributed by atoms with Gasteiger partial charge in [0.15, 0.2) is 0 Å². The monoisotopic (exact) mass is 221 g/mol. The zero-order valence-corrected chi connectivity index (χ0v) is 8.69. The van der Waals surface area contributed by atoms with Crippen LogP contribution in [0.5, 0.6) is 0 Å². The van der Waals surface area contributed by atoms with E-state index in [-0.39, 0.29) is 0 Å². The Balaban J connectivity index is 3.53. The average Bonchev–Trinajstić information content (AvgIpc) is 1.84. The lowest BCUT2D eigenvalue weighted by Crippen LogP contribution is -2.01. The van der Waals surface area contributed by atoms with Crippen molar-refractivity contribution < 1.29 is 9.42 Å². The van der Waals surface area contributed by atoms with Crippen LogP contribution in [0.15, 0.2) is 0 Å². The summed E-state index contributed by atoms with van der Waals surface area (Å²) in [6.45, 7) is -0.404. The molecule has 0 aliphatic rings. The second-order valence-corrected chi connectivity index (χ2v) is 5.65. The molecule has 3 nitrogen and oxygen atoms in total. The fraction of sp³-hybridized carbons (Fsp3) is 1.00. The van der Waals surface area contributed by atoms with E-state index in [9.17, 15) is 0 Å². The molecule has 0 spiro atoms. The van der Waals surface area contributed by atoms with Gasteiger partial charge in [-0.2, -0.15) is 4.49 Å². The summed E-state index contributed by atoms with van der Waals surface area (Å²) in [5.74, 6) is 0. The molecule has 0 aromatic carbocycles. The van der Waals surface area contributed by atoms with E-state index in [1.54, 1.807) is 0 Å². The van der Waals surface area contributed by atoms with Gasteiger partial charge in [0, 0.05) is 11.2 Å². The molecule has 0 saturated heterocycles. The van der Waals surface area contributed by atoms with Crippen LogP contribution in [0.25, 0.3) is 0 Å². The summed E-state index contributed by atoms with van der Waals surface area (Å²) in [5, 5.41) is 0. The first-order valence-electron chi connectivity index (χ1n) is 2.64. The van der Waals surface area contributed by atoms with Gasteiger partial charge in [-0.05, 0) is 28.9 Å². The number of rotatable bonds is 5. The molecule has 0 aromatic rings. The van der Waals surface area contributed by atoms with Crippen LogP contribution in [0.4, 0.5) is 0 Å². The van der Waals surface area contributed by atoms with Crippen molar-refractivity contribution in [3.63, 3.8) is 0 Å². The van der Waals surface area contributed by atoms with Crippen LogP contribution >= 0.6 is 28.5 Å². The average molecular weight is 222 g/mol. The van der Waals surface area contributed by atoms with E-state index >= 15 is 0 Å². The van der Waals surface area contributed by atoms with Gasteiger partial charge in [0.1, 0.15) is 0 Å². The minimum Gasteiger partial charge on any atom is -0.333 e. The van der Waals surface area contributed by atoms with Gasteiger partial charge in [-0.15, -0.1) is 0 Å². The Labute approximate surface area is 74.3 Å². The Morgan fingerprint density at radius 3 is 2.90 bits per heavy atom. The van der Waals surface area contributed by atoms with Crippen LogP contribution in [0, 0.1) is 0 Å². The van der Waals surface area contributed by atoms with Gasteiger partial charge in [-0.1, -0.05) is 6.92 Å². The first-order chi connectivity index (χ1) is 4.62. The highest BCUT2D eigenvalue weighted by molar-refractivity contribution is 8.26. The first kappa shape index (κ1) is 11.2. The van der Waals surface area contributed by atoms with Gasteiger partial charge < -0.3 is 9.42 Å². The number of hydrogen-bond acceptors (Lipinski definition) is 3. The molecule has 0 fully saturated rings. The molecule has 0 radical (unpaired) electrons. The molecule has 7 heteroatoms. The molecule has 0 rings (SSSR count). The summed E-state index contributed by atoms with van der Waals surface area (Å²) in [6.07, 6.45) is 0.827. The van der Waals surface area contributed by atoms with Crippen LogP contribution < -0.4 is 4.49 Å². The molecule has 2 N–H and O–H groups in total. The van der Waals surface area contributed by atoms with Crippen molar-refractivity contribution in [3.8, 4) is 0 Å². The van der Waals surface area contributed by atoms with Crippen LogP contribution in [-0.4, -0.2) is 11.5 Å². The largest absolute Gasteiger partial charge is 0.333 e. The molecule has 10 heavy (non-hydrogen) atoms. The van der Waals surface area contributed by atoms with Crippen molar-refractivity contribution in [2.45, 2.75) is 13.3 Å². The summed E-state index contributed by atoms with van der Waals surface area (Å²) in [4.78, 5) is 9.13. The SMILES string of the molecule is CCCOP(O)(=S)NSCl. The third-order valence-electron chi connectivity index (χ3n) is 0.620. The summed E-state index contributed by atoms with van der Waals surface area (Å²) < 4.78 is 7.28. The highest BCUT2D eigenvalue weighted by Crippen LogP contribution is 2.40. The predicted molar refractivity (Wildman–Crippen MR) is 49.3 cm³/mol. The van der Waals surface area contributed by atoms with E-state index in [0.29, 0.717) is 6.61 Å². The number of nitrogens with one attached hydrogen (secondary N) is 1. The highest BCUT2D eigenvalue weighted by atomic mass is 35.7. The lowest BCUT2D eigenvalue weighted by atomic mass is 10.5. The van der Waals surface area contributed by atoms with Crippen molar-refractivity contribution in [2.75, 3.05) is 6.61 Å². The maximum atomic E-state index is 9.13. The molecule has 0 aliphatic heterocycles. The van der Waals surface area contributed by atoms with E-state index in [1.807, 2.05) is 6.92 Å². The maximum Gasteiger partial charge on any atom is 0.269 e. The Hall–Kier alpha value is 1.17. The molecule has 0 aromatic heterocycles. The van der Waals surface area contributed by atoms with Gasteiger partial charge in [-0.3, -0.25) is 0 Å². The summed E-state index contributed by atoms with van der Waals surface area (Å²) in [7, 11) is 5.19. The van der Waals surface area contributed by atoms with Crippen molar-refractivity contribution in [1.29, 1.82) is 0 Å². The van der Waals surface area contributed by atoms with Crippen molar-refractivity contribution >= 4 is 40.3 Å². The summed E-state index contributed by atoms with van der Waals surface area (Å²) >= 11 is 5.39. The molecule has 0 saturated carbocycles. The smallest absolute Gasteiger partial charge is 0.269 e. The van der Waals surface area contributed by atoms with Crippen LogP contribution in [-0.2, 0) is 16.3 Å². The fourth-order valence-corrected chi connectivity index (χ4v) is 3.04. The van der Waals surface area contributed by atoms with Crippen LogP contribution in [0.1, 0.15) is 13.3 Å². The Bertz CT molecular complexity index is 136. The fourth-order valence-electron chi connectivity index (χ4n) is 0.285. The maximum absolute atomic E-state index is 9.13. The van der Waals surface area contributed by atoms with E-state index in [0.717, 1.165) is 17.6 Å². The molecule has 1 unspecified atom stereocenters. The Morgan fingerprint density at radius 2 is 2.50 bits per heavy atom. The normalized spacial score (nSPS) is 16.7. The van der Waals surface area contributed by atoms with E-state index < -0.39 is 6.64 Å². The van der Waals surface area contributed by atoms with E-state index in [2.05, 4.69) is 16.3 Å². The second-order valence-electron chi connectivity index (χ2n) is 1.52. The minimum atomic E-state index is -2.79. The molecule has 0 bridgehead atoms. The first-order valence-corrected chi connectivity index (χ1v) is 6.96. The lowest BCUT2D eigenvalue weighted by Gasteiger charge is -2.12. The second kappa shape index (κ2) is 5.77. The van der Waals surface area contributed by atoms with Gasteiger partial charge in [0.25, 0.3) is 6.64 Å². The highest BCUT2D eigenvalue weighted by Gasteiger charge is 2.10. The van der Waals surface area contributed by atoms with Gasteiger partial charge >= 0.3 is 0 Å². The molecular formula is C3H9ClNO2PS2. The molecule has 1 atom stereocenters. The van der Waals surface area contributed by atoms with Crippen LogP contribution in [0.3, 0.4) is 0 Å². The van der Waals surface area contributed by atoms with Crippen molar-refractivity contribution in [1.82, 2.24) is 4.49 Å². The Kier molecular flexibility index (Phi) is 6.45. The zero-order chi connectivity index (χ0) is 8.04. The minimum absolute atomic E-state index is 0.457. The van der Waals surface area contributed by atoms with Crippen molar-refractivity contribution in [3.05, 3.63) is 0 Å². The third-order valence-corrected chi connectivity index (χ3v) is 3.96. The topological polar surface area (TPSA) is 41.5 Å². The van der Waals surface area contributed by atoms with Gasteiger partial charge in [0.05, 0.1) is 6.61 Å². The van der Waals surface area contributed by atoms with E-state index in [1.165, 1.54) is 0 Å². The predicted octanol–water partition coefficient (Wildman–Crippen LogP) is 2.02. The molecule has 0 heterocycles. The molecule has 62 valence electrons. The summed E-state index contributed by atoms with van der Waals surface area (Å²) in [6, 6.07) is 0. The quantitative estimate of drug-likeness (QED) is 0.549. The van der Waals surface area contributed by atoms with Crippen molar-refractivity contribution in [2.24, 2.45) is 0 Å². The number of hydrogen-bond donors (Lipinski definition) is 2. The third kappa shape index (κ3) is 5.92. The van der Waals surface area contributed by atoms with E-state index in [4.69, 9.17) is 20.1 Å². The summed E-state index contributed by atoms with van der Waals surface area (Å²) in [5.41, 5.74) is 0. The Morgan fingerprint density at radius 1 is 1.90 bits per heavy atom. The van der Waals surface area contributed by atoms with Gasteiger partial charge in [-0.25, -0.2) is 0 Å². The van der Waals surface area contributed by atoms with Gasteiger partial charge in [0.2, 0.25) is 0 Å². The van der Waals surface area contributed by atoms with Crippen LogP contribution in [0.2, 0.25) is 0 Å². The lowest BCUT2D eigenvalue weighted by molar-refractivity contribution is 0.305. The zero-order valence-electron chi connectivity index (χ0n) is 5.41.